The van der Waals surface area contributed by atoms with E-state index < -0.39 is 86.2 Å². The van der Waals surface area contributed by atoms with Gasteiger partial charge in [-0.05, 0) is 89.7 Å². The molecule has 0 saturated carbocycles. The molecule has 49 heavy (non-hydrogen) atoms. The third-order valence-electron chi connectivity index (χ3n) is 7.81. The number of aryl methyl sites for hydroxylation is 1. The van der Waals surface area contributed by atoms with Crippen LogP contribution < -0.4 is 4.74 Å². The van der Waals surface area contributed by atoms with Crippen molar-refractivity contribution in [1.82, 2.24) is 0 Å². The Hall–Kier alpha value is -4.51. The largest absolute Gasteiger partial charge is 0.432 e. The van der Waals surface area contributed by atoms with E-state index in [1.54, 1.807) is 6.07 Å². The summed E-state index contributed by atoms with van der Waals surface area (Å²) in [6.45, 7) is 2.07. The fourth-order valence-corrected chi connectivity index (χ4v) is 5.72. The van der Waals surface area contributed by atoms with Gasteiger partial charge < -0.3 is 4.74 Å². The minimum absolute atomic E-state index is 0.0237. The Kier molecular flexibility index (Phi) is 10.6. The van der Waals surface area contributed by atoms with Crippen LogP contribution in [0.3, 0.4) is 0 Å². The first-order chi connectivity index (χ1) is 23.2. The van der Waals surface area contributed by atoms with Crippen molar-refractivity contribution in [3.05, 3.63) is 135 Å². The Labute approximate surface area is 279 Å². The summed E-state index contributed by atoms with van der Waals surface area (Å²) in [4.78, 5) is 0. The minimum atomic E-state index is -4.75. The summed E-state index contributed by atoms with van der Waals surface area (Å²) in [5, 5.41) is -0.385. The maximum absolute atomic E-state index is 15.4. The first-order valence-electron chi connectivity index (χ1n) is 15.0. The maximum atomic E-state index is 15.4. The lowest BCUT2D eigenvalue weighted by molar-refractivity contribution is -0.189. The van der Waals surface area contributed by atoms with E-state index in [1.165, 1.54) is 18.2 Å². The number of benzene rings is 5. The third kappa shape index (κ3) is 7.72. The summed E-state index contributed by atoms with van der Waals surface area (Å²) in [6.07, 6.45) is -0.103. The highest BCUT2D eigenvalue weighted by Crippen LogP contribution is 2.41. The van der Waals surface area contributed by atoms with Crippen LogP contribution in [0, 0.1) is 46.5 Å². The molecule has 5 aromatic carbocycles. The lowest BCUT2D eigenvalue weighted by Gasteiger charge is -2.20. The maximum Gasteiger partial charge on any atom is 0.432 e. The predicted molar refractivity (Wildman–Crippen MR) is 166 cm³/mol. The van der Waals surface area contributed by atoms with E-state index in [0.29, 0.717) is 36.8 Å². The summed E-state index contributed by atoms with van der Waals surface area (Å²) >= 11 is 6.26. The minimum Gasteiger partial charge on any atom is -0.429 e. The van der Waals surface area contributed by atoms with Gasteiger partial charge in [-0.2, -0.15) is 8.78 Å². The van der Waals surface area contributed by atoms with E-state index >= 15 is 22.0 Å². The topological polar surface area (TPSA) is 9.23 Å². The SMILES string of the molecule is CCCCCCc1ccc(-c2cc(F)c(-c3cc(F)c(C(F)(F)Oc4ccc(-c5cc(F)c(F)c(F)c5)c(F)c4)c(F)c3)c(Cl)c2)c(F)c1. The van der Waals surface area contributed by atoms with Crippen molar-refractivity contribution in [2.45, 2.75) is 45.1 Å². The van der Waals surface area contributed by atoms with Gasteiger partial charge in [-0.3, -0.25) is 0 Å². The fraction of sp³-hybridized carbons (Fsp3) is 0.189. The number of ether oxygens (including phenoxy) is 1. The monoisotopic (exact) mass is 710 g/mol. The molecule has 0 N–H and O–H groups in total. The van der Waals surface area contributed by atoms with Crippen LogP contribution in [0.1, 0.15) is 43.7 Å². The first kappa shape index (κ1) is 35.8. The van der Waals surface area contributed by atoms with Crippen molar-refractivity contribution in [3.8, 4) is 39.1 Å². The van der Waals surface area contributed by atoms with Crippen molar-refractivity contribution in [1.29, 1.82) is 0 Å². The Morgan fingerprint density at radius 3 is 1.69 bits per heavy atom. The molecule has 12 heteroatoms. The summed E-state index contributed by atoms with van der Waals surface area (Å²) in [5.74, 6) is -12.8. The normalized spacial score (nSPS) is 11.7. The average molecular weight is 711 g/mol. The molecule has 0 spiro atoms. The van der Waals surface area contributed by atoms with Gasteiger partial charge in [0, 0.05) is 22.8 Å². The van der Waals surface area contributed by atoms with E-state index in [1.807, 2.05) is 0 Å². The van der Waals surface area contributed by atoms with E-state index in [9.17, 15) is 22.0 Å². The quantitative estimate of drug-likeness (QED) is 0.0753. The first-order valence-corrected chi connectivity index (χ1v) is 15.4. The predicted octanol–water partition coefficient (Wildman–Crippen LogP) is 12.7. The second-order valence-electron chi connectivity index (χ2n) is 11.3. The van der Waals surface area contributed by atoms with Crippen molar-refractivity contribution < 1.29 is 48.6 Å². The molecule has 0 bridgehead atoms. The molecule has 0 aliphatic heterocycles. The molecular weight excluding hydrogens is 686 g/mol. The lowest BCUT2D eigenvalue weighted by atomic mass is 9.96. The lowest BCUT2D eigenvalue weighted by Crippen LogP contribution is -2.25. The zero-order valence-electron chi connectivity index (χ0n) is 25.5. The highest BCUT2D eigenvalue weighted by atomic mass is 35.5. The van der Waals surface area contributed by atoms with Crippen molar-refractivity contribution >= 4 is 11.6 Å². The van der Waals surface area contributed by atoms with Crippen LogP contribution in [0.15, 0.2) is 72.8 Å². The summed E-state index contributed by atoms with van der Waals surface area (Å²) < 4.78 is 150. The van der Waals surface area contributed by atoms with Gasteiger partial charge in [-0.25, -0.2) is 35.1 Å². The van der Waals surface area contributed by atoms with Gasteiger partial charge in [0.15, 0.2) is 17.5 Å². The molecule has 0 atom stereocenters. The standard InChI is InChI=1S/C37H25ClF10O/c1-2-3-4-5-6-19-7-9-24(27(39)11-19)20-12-26(38)34(29(41)13-20)22-16-30(42)35(31(43)17-22)37(47,48)49-23-8-10-25(28(40)18-23)21-14-32(44)36(46)33(45)15-21/h7-18H,2-6H2,1H3. The molecule has 0 amide bonds. The highest BCUT2D eigenvalue weighted by molar-refractivity contribution is 6.33. The van der Waals surface area contributed by atoms with Gasteiger partial charge in [-0.1, -0.05) is 49.9 Å². The summed E-state index contributed by atoms with van der Waals surface area (Å²) in [6, 6.07) is 10.2. The molecule has 0 aromatic heterocycles. The molecule has 1 nitrogen and oxygen atoms in total. The van der Waals surface area contributed by atoms with Crippen LogP contribution >= 0.6 is 11.6 Å². The van der Waals surface area contributed by atoms with E-state index in [-0.39, 0.29) is 16.1 Å². The molecule has 0 unspecified atom stereocenters. The number of alkyl halides is 2. The Morgan fingerprint density at radius 1 is 0.571 bits per heavy atom. The van der Waals surface area contributed by atoms with Crippen LogP contribution in [-0.2, 0) is 12.5 Å². The van der Waals surface area contributed by atoms with Gasteiger partial charge in [-0.15, -0.1) is 0 Å². The van der Waals surface area contributed by atoms with Gasteiger partial charge in [0.05, 0.1) is 5.02 Å². The van der Waals surface area contributed by atoms with E-state index in [0.717, 1.165) is 49.4 Å². The van der Waals surface area contributed by atoms with Gasteiger partial charge in [0.1, 0.15) is 40.4 Å². The van der Waals surface area contributed by atoms with Crippen molar-refractivity contribution in [2.24, 2.45) is 0 Å². The van der Waals surface area contributed by atoms with Crippen LogP contribution in [0.25, 0.3) is 33.4 Å². The highest BCUT2D eigenvalue weighted by Gasteiger charge is 2.41. The number of hydrogen-bond acceptors (Lipinski definition) is 1. The number of rotatable bonds is 11. The molecule has 5 aromatic rings. The Morgan fingerprint density at radius 2 is 1.12 bits per heavy atom. The second-order valence-corrected chi connectivity index (χ2v) is 11.7. The van der Waals surface area contributed by atoms with Crippen LogP contribution in [0.4, 0.5) is 43.9 Å². The molecule has 0 saturated heterocycles. The molecule has 0 heterocycles. The molecule has 0 fully saturated rings. The van der Waals surface area contributed by atoms with E-state index in [2.05, 4.69) is 11.7 Å². The molecule has 0 aliphatic rings. The van der Waals surface area contributed by atoms with Crippen LogP contribution in [0.5, 0.6) is 5.75 Å². The van der Waals surface area contributed by atoms with Crippen LogP contribution in [0.2, 0.25) is 5.02 Å². The smallest absolute Gasteiger partial charge is 0.429 e. The van der Waals surface area contributed by atoms with Crippen LogP contribution in [-0.4, -0.2) is 0 Å². The zero-order valence-corrected chi connectivity index (χ0v) is 26.3. The number of unbranched alkanes of at least 4 members (excludes halogenated alkanes) is 3. The van der Waals surface area contributed by atoms with Crippen molar-refractivity contribution in [3.63, 3.8) is 0 Å². The molecule has 0 aliphatic carbocycles. The Bertz CT molecular complexity index is 1960. The molecule has 256 valence electrons. The second kappa shape index (κ2) is 14.5. The molecule has 0 radical (unpaired) electrons. The zero-order chi connectivity index (χ0) is 35.6. The van der Waals surface area contributed by atoms with Gasteiger partial charge in [0.2, 0.25) is 0 Å². The fourth-order valence-electron chi connectivity index (χ4n) is 5.41. The average Bonchev–Trinajstić information content (AvgIpc) is 3.01. The van der Waals surface area contributed by atoms with E-state index in [4.69, 9.17) is 11.6 Å². The number of hydrogen-bond donors (Lipinski definition) is 0. The third-order valence-corrected chi connectivity index (χ3v) is 8.11. The molecular formula is C37H25ClF10O. The molecule has 5 rings (SSSR count). The van der Waals surface area contributed by atoms with Crippen molar-refractivity contribution in [2.75, 3.05) is 0 Å². The summed E-state index contributed by atoms with van der Waals surface area (Å²) in [7, 11) is 0. The summed E-state index contributed by atoms with van der Waals surface area (Å²) in [5.41, 5.74) is -3.16. The van der Waals surface area contributed by atoms with Gasteiger partial charge in [0.25, 0.3) is 0 Å². The number of halogens is 11. The van der Waals surface area contributed by atoms with Gasteiger partial charge >= 0.3 is 6.11 Å². The Balaban J connectivity index is 1.39.